The monoisotopic (exact) mass is 383 g/mol. The lowest BCUT2D eigenvalue weighted by Gasteiger charge is -2.35. The van der Waals surface area contributed by atoms with E-state index in [0.29, 0.717) is 31.0 Å². The van der Waals surface area contributed by atoms with E-state index in [4.69, 9.17) is 4.74 Å². The first-order chi connectivity index (χ1) is 13.6. The fraction of sp³-hybridized carbons (Fsp3) is 0.500. The smallest absolute Gasteiger partial charge is 0.410 e. The Labute approximate surface area is 164 Å². The van der Waals surface area contributed by atoms with Gasteiger partial charge in [-0.05, 0) is 38.3 Å². The highest BCUT2D eigenvalue weighted by atomic mass is 16.6. The van der Waals surface area contributed by atoms with Gasteiger partial charge in [0.05, 0.1) is 17.9 Å². The van der Waals surface area contributed by atoms with E-state index in [1.165, 1.54) is 4.80 Å². The molecule has 2 aliphatic heterocycles. The number of aromatic nitrogens is 3. The number of aryl methyl sites for hydroxylation is 1. The summed E-state index contributed by atoms with van der Waals surface area (Å²) in [5.74, 6) is -0.103. The van der Waals surface area contributed by atoms with Crippen LogP contribution in [0.4, 0.5) is 4.79 Å². The zero-order valence-electron chi connectivity index (χ0n) is 16.2. The van der Waals surface area contributed by atoms with Gasteiger partial charge in [-0.25, -0.2) is 4.79 Å². The van der Waals surface area contributed by atoms with E-state index in [1.54, 1.807) is 6.92 Å². The molecule has 2 saturated heterocycles. The Morgan fingerprint density at radius 2 is 1.89 bits per heavy atom. The number of ether oxygens (including phenoxy) is 1. The molecular weight excluding hydrogens is 358 g/mol. The second-order valence-electron chi connectivity index (χ2n) is 7.35. The van der Waals surface area contributed by atoms with Crippen LogP contribution in [0.2, 0.25) is 0 Å². The number of cyclic esters (lactones) is 1. The molecule has 148 valence electrons. The van der Waals surface area contributed by atoms with Gasteiger partial charge < -0.3 is 14.5 Å². The molecule has 8 heteroatoms. The first-order valence-electron chi connectivity index (χ1n) is 9.82. The fourth-order valence-corrected chi connectivity index (χ4v) is 3.84. The van der Waals surface area contributed by atoms with Crippen molar-refractivity contribution in [3.05, 3.63) is 41.7 Å². The number of nitrogens with zero attached hydrogens (tertiary/aromatic N) is 5. The van der Waals surface area contributed by atoms with Crippen molar-refractivity contribution in [2.45, 2.75) is 45.3 Å². The molecule has 0 bridgehead atoms. The van der Waals surface area contributed by atoms with Crippen molar-refractivity contribution in [3.8, 4) is 5.69 Å². The molecule has 0 radical (unpaired) electrons. The number of rotatable bonds is 4. The standard InChI is InChI=1S/C20H25N5O3/c1-3-17-13-24(20(27)28-17)15-9-11-23(12-10-15)19(26)18-14(2)21-25(22-18)16-7-5-4-6-8-16/h4-8,15,17H,3,9-13H2,1-2H3. The molecule has 4 rings (SSSR count). The van der Waals surface area contributed by atoms with Crippen LogP contribution in [0, 0.1) is 6.92 Å². The van der Waals surface area contributed by atoms with Crippen molar-refractivity contribution in [2.24, 2.45) is 0 Å². The number of hydrogen-bond donors (Lipinski definition) is 0. The number of para-hydroxylation sites is 1. The van der Waals surface area contributed by atoms with E-state index in [2.05, 4.69) is 10.2 Å². The minimum Gasteiger partial charge on any atom is -0.444 e. The van der Waals surface area contributed by atoms with Gasteiger partial charge in [-0.15, -0.1) is 5.10 Å². The topological polar surface area (TPSA) is 80.6 Å². The second kappa shape index (κ2) is 7.61. The van der Waals surface area contributed by atoms with Crippen molar-refractivity contribution in [2.75, 3.05) is 19.6 Å². The summed E-state index contributed by atoms with van der Waals surface area (Å²) in [6.45, 7) is 5.67. The normalized spacial score (nSPS) is 20.5. The highest BCUT2D eigenvalue weighted by Gasteiger charge is 2.37. The van der Waals surface area contributed by atoms with Gasteiger partial charge in [0.15, 0.2) is 5.69 Å². The molecule has 0 saturated carbocycles. The Bertz CT molecular complexity index is 858. The third kappa shape index (κ3) is 3.46. The molecule has 0 spiro atoms. The molecule has 8 nitrogen and oxygen atoms in total. The minimum atomic E-state index is -0.224. The molecule has 1 aromatic heterocycles. The fourth-order valence-electron chi connectivity index (χ4n) is 3.84. The van der Waals surface area contributed by atoms with E-state index in [1.807, 2.05) is 47.1 Å². The Kier molecular flexibility index (Phi) is 5.02. The maximum Gasteiger partial charge on any atom is 0.410 e. The van der Waals surface area contributed by atoms with Crippen LogP contribution >= 0.6 is 0 Å². The number of amides is 2. The Balaban J connectivity index is 1.41. The second-order valence-corrected chi connectivity index (χ2v) is 7.35. The number of piperidine rings is 1. The van der Waals surface area contributed by atoms with Crippen molar-refractivity contribution >= 4 is 12.0 Å². The molecule has 28 heavy (non-hydrogen) atoms. The van der Waals surface area contributed by atoms with Crippen LogP contribution in [0.5, 0.6) is 0 Å². The quantitative estimate of drug-likeness (QED) is 0.810. The Morgan fingerprint density at radius 3 is 2.54 bits per heavy atom. The summed E-state index contributed by atoms with van der Waals surface area (Å²) in [6.07, 6.45) is 2.10. The first-order valence-corrected chi connectivity index (χ1v) is 9.82. The van der Waals surface area contributed by atoms with Gasteiger partial charge in [0.1, 0.15) is 6.10 Å². The van der Waals surface area contributed by atoms with Crippen LogP contribution < -0.4 is 0 Å². The van der Waals surface area contributed by atoms with Gasteiger partial charge >= 0.3 is 6.09 Å². The number of carbonyl (C=O) groups excluding carboxylic acids is 2. The van der Waals surface area contributed by atoms with Crippen molar-refractivity contribution in [1.29, 1.82) is 0 Å². The van der Waals surface area contributed by atoms with Crippen LogP contribution in [0.15, 0.2) is 30.3 Å². The molecular formula is C20H25N5O3. The Morgan fingerprint density at radius 1 is 1.18 bits per heavy atom. The summed E-state index contributed by atoms with van der Waals surface area (Å²) < 4.78 is 5.37. The number of benzene rings is 1. The summed E-state index contributed by atoms with van der Waals surface area (Å²) in [6, 6.07) is 9.68. The van der Waals surface area contributed by atoms with Crippen LogP contribution in [0.25, 0.3) is 5.69 Å². The van der Waals surface area contributed by atoms with Gasteiger partial charge in [0.25, 0.3) is 5.91 Å². The highest BCUT2D eigenvalue weighted by molar-refractivity contribution is 5.93. The minimum absolute atomic E-state index is 0.0113. The molecule has 2 aromatic rings. The molecule has 0 aliphatic carbocycles. The van der Waals surface area contributed by atoms with Gasteiger partial charge in [-0.2, -0.15) is 9.90 Å². The van der Waals surface area contributed by atoms with Crippen molar-refractivity contribution < 1.29 is 14.3 Å². The molecule has 2 fully saturated rings. The zero-order valence-corrected chi connectivity index (χ0v) is 16.2. The van der Waals surface area contributed by atoms with Gasteiger partial charge in [0, 0.05) is 19.1 Å². The van der Waals surface area contributed by atoms with E-state index >= 15 is 0 Å². The Hall–Kier alpha value is -2.90. The predicted octanol–water partition coefficient (Wildman–Crippen LogP) is 2.41. The zero-order chi connectivity index (χ0) is 19.7. The van der Waals surface area contributed by atoms with Crippen LogP contribution in [0.1, 0.15) is 42.4 Å². The van der Waals surface area contributed by atoms with Gasteiger partial charge in [-0.3, -0.25) is 4.79 Å². The lowest BCUT2D eigenvalue weighted by Crippen LogP contribution is -2.47. The third-order valence-corrected chi connectivity index (χ3v) is 5.52. The largest absolute Gasteiger partial charge is 0.444 e. The number of hydrogen-bond acceptors (Lipinski definition) is 5. The highest BCUT2D eigenvalue weighted by Crippen LogP contribution is 2.24. The number of likely N-dealkylation sites (tertiary alicyclic amines) is 1. The maximum atomic E-state index is 13.0. The predicted molar refractivity (Wildman–Crippen MR) is 102 cm³/mol. The SMILES string of the molecule is CCC1CN(C2CCN(C(=O)c3nn(-c4ccccc4)nc3C)CC2)C(=O)O1. The molecule has 1 unspecified atom stereocenters. The lowest BCUT2D eigenvalue weighted by molar-refractivity contribution is 0.0651. The van der Waals surface area contributed by atoms with Crippen molar-refractivity contribution in [1.82, 2.24) is 24.8 Å². The summed E-state index contributed by atoms with van der Waals surface area (Å²) >= 11 is 0. The summed E-state index contributed by atoms with van der Waals surface area (Å²) in [7, 11) is 0. The summed E-state index contributed by atoms with van der Waals surface area (Å²) in [5, 5.41) is 8.81. The van der Waals surface area contributed by atoms with Gasteiger partial charge in [0.2, 0.25) is 0 Å². The molecule has 1 atom stereocenters. The molecule has 2 amide bonds. The van der Waals surface area contributed by atoms with Crippen LogP contribution in [-0.4, -0.2) is 68.6 Å². The van der Waals surface area contributed by atoms with Gasteiger partial charge in [-0.1, -0.05) is 25.1 Å². The van der Waals surface area contributed by atoms with E-state index in [-0.39, 0.29) is 24.1 Å². The third-order valence-electron chi connectivity index (χ3n) is 5.52. The average Bonchev–Trinajstić information content (AvgIpc) is 3.31. The summed E-state index contributed by atoms with van der Waals surface area (Å²) in [4.78, 5) is 30.2. The van der Waals surface area contributed by atoms with E-state index in [9.17, 15) is 9.59 Å². The number of carbonyl (C=O) groups is 2. The maximum absolute atomic E-state index is 13.0. The lowest BCUT2D eigenvalue weighted by atomic mass is 10.0. The summed E-state index contributed by atoms with van der Waals surface area (Å²) in [5.41, 5.74) is 1.82. The van der Waals surface area contributed by atoms with Crippen LogP contribution in [0.3, 0.4) is 0 Å². The molecule has 2 aliphatic rings. The average molecular weight is 383 g/mol. The van der Waals surface area contributed by atoms with E-state index in [0.717, 1.165) is 24.9 Å². The molecule has 0 N–H and O–H groups in total. The molecule has 1 aromatic carbocycles. The first kappa shape index (κ1) is 18.5. The van der Waals surface area contributed by atoms with Crippen molar-refractivity contribution in [3.63, 3.8) is 0 Å². The van der Waals surface area contributed by atoms with Crippen LogP contribution in [-0.2, 0) is 4.74 Å². The molecule has 3 heterocycles. The van der Waals surface area contributed by atoms with E-state index < -0.39 is 0 Å².